The Morgan fingerprint density at radius 1 is 1.26 bits per heavy atom. The van der Waals surface area contributed by atoms with Gasteiger partial charge in [0.1, 0.15) is 0 Å². The van der Waals surface area contributed by atoms with Crippen LogP contribution in [-0.4, -0.2) is 30.4 Å². The number of nitrogens with zero attached hydrogens (tertiary/aromatic N) is 1. The highest BCUT2D eigenvalue weighted by molar-refractivity contribution is 5.82. The van der Waals surface area contributed by atoms with Crippen molar-refractivity contribution < 1.29 is 4.79 Å². The monoisotopic (exact) mass is 258 g/mol. The number of hydrogen-bond acceptors (Lipinski definition) is 2. The van der Waals surface area contributed by atoms with E-state index in [4.69, 9.17) is 0 Å². The van der Waals surface area contributed by atoms with Gasteiger partial charge in [-0.05, 0) is 43.4 Å². The molecule has 3 heteroatoms. The molecule has 19 heavy (non-hydrogen) atoms. The predicted molar refractivity (Wildman–Crippen MR) is 75.9 cm³/mol. The molecule has 3 nitrogen and oxygen atoms in total. The molecule has 0 spiro atoms. The highest BCUT2D eigenvalue weighted by Gasteiger charge is 2.32. The number of piperidine rings is 1. The molecule has 1 N–H and O–H groups in total. The van der Waals surface area contributed by atoms with Gasteiger partial charge in [0.15, 0.2) is 0 Å². The van der Waals surface area contributed by atoms with Crippen LogP contribution in [0.5, 0.6) is 0 Å². The summed E-state index contributed by atoms with van der Waals surface area (Å²) in [6, 6.07) is 8.83. The van der Waals surface area contributed by atoms with Crippen molar-refractivity contribution in [3.05, 3.63) is 35.4 Å². The highest BCUT2D eigenvalue weighted by Crippen LogP contribution is 2.35. The summed E-state index contributed by atoms with van der Waals surface area (Å²) in [5.41, 5.74) is 2.75. The summed E-state index contributed by atoms with van der Waals surface area (Å²) in [5.74, 6) is 0.265. The minimum atomic E-state index is 0.0338. The summed E-state index contributed by atoms with van der Waals surface area (Å²) in [4.78, 5) is 14.5. The van der Waals surface area contributed by atoms with Crippen molar-refractivity contribution in [2.24, 2.45) is 0 Å². The molecule has 102 valence electrons. The van der Waals surface area contributed by atoms with Crippen molar-refractivity contribution in [2.45, 2.75) is 44.2 Å². The Hall–Kier alpha value is -1.35. The zero-order valence-corrected chi connectivity index (χ0v) is 11.6. The zero-order chi connectivity index (χ0) is 13.2. The lowest BCUT2D eigenvalue weighted by atomic mass is 10.0. The Balaban J connectivity index is 1.74. The quantitative estimate of drug-likeness (QED) is 0.882. The number of hydrogen-bond donors (Lipinski definition) is 1. The third-order valence-electron chi connectivity index (χ3n) is 4.52. The molecule has 0 aromatic heterocycles. The highest BCUT2D eigenvalue weighted by atomic mass is 16.2. The van der Waals surface area contributed by atoms with Gasteiger partial charge in [-0.3, -0.25) is 4.79 Å². The Morgan fingerprint density at radius 2 is 2.11 bits per heavy atom. The lowest BCUT2D eigenvalue weighted by Gasteiger charge is -2.31. The second-order valence-electron chi connectivity index (χ2n) is 5.70. The van der Waals surface area contributed by atoms with Gasteiger partial charge in [-0.2, -0.15) is 0 Å². The van der Waals surface area contributed by atoms with Crippen LogP contribution in [0, 0.1) is 0 Å². The van der Waals surface area contributed by atoms with Crippen molar-refractivity contribution >= 4 is 5.91 Å². The lowest BCUT2D eigenvalue weighted by Crippen LogP contribution is -2.48. The lowest BCUT2D eigenvalue weighted by molar-refractivity contribution is -0.135. The molecule has 1 fully saturated rings. The van der Waals surface area contributed by atoms with E-state index >= 15 is 0 Å². The molecule has 2 atom stereocenters. The van der Waals surface area contributed by atoms with Crippen LogP contribution in [0.15, 0.2) is 24.3 Å². The average molecular weight is 258 g/mol. The van der Waals surface area contributed by atoms with Gasteiger partial charge in [0, 0.05) is 7.05 Å². The van der Waals surface area contributed by atoms with Crippen molar-refractivity contribution in [1.82, 2.24) is 10.2 Å². The van der Waals surface area contributed by atoms with Crippen LogP contribution in [-0.2, 0) is 11.2 Å². The largest absolute Gasteiger partial charge is 0.337 e. The normalized spacial score (nSPS) is 25.9. The van der Waals surface area contributed by atoms with E-state index in [1.807, 2.05) is 11.9 Å². The summed E-state index contributed by atoms with van der Waals surface area (Å²) in [7, 11) is 1.96. The number of fused-ring (bicyclic) bond motifs is 1. The van der Waals surface area contributed by atoms with Gasteiger partial charge in [-0.15, -0.1) is 0 Å². The van der Waals surface area contributed by atoms with E-state index in [1.54, 1.807) is 0 Å². The fourth-order valence-electron chi connectivity index (χ4n) is 3.40. The van der Waals surface area contributed by atoms with Crippen molar-refractivity contribution in [3.63, 3.8) is 0 Å². The SMILES string of the molecule is CN(C(=O)[C@H]1CCCCN1)C1CCc2ccccc21. The van der Waals surface area contributed by atoms with Gasteiger partial charge in [-0.1, -0.05) is 30.7 Å². The van der Waals surface area contributed by atoms with Crippen LogP contribution in [0.25, 0.3) is 0 Å². The average Bonchev–Trinajstić information content (AvgIpc) is 2.90. The number of carbonyl (C=O) groups excluding carboxylic acids is 1. The van der Waals surface area contributed by atoms with E-state index in [0.717, 1.165) is 25.8 Å². The van der Waals surface area contributed by atoms with E-state index in [-0.39, 0.29) is 18.0 Å². The number of likely N-dealkylation sites (N-methyl/N-ethyl adjacent to an activating group) is 1. The van der Waals surface area contributed by atoms with Crippen molar-refractivity contribution in [1.29, 1.82) is 0 Å². The van der Waals surface area contributed by atoms with Gasteiger partial charge in [0.2, 0.25) is 5.91 Å². The summed E-state index contributed by atoms with van der Waals surface area (Å²) in [6.07, 6.45) is 5.50. The zero-order valence-electron chi connectivity index (χ0n) is 11.6. The van der Waals surface area contributed by atoms with Crippen LogP contribution < -0.4 is 5.32 Å². The van der Waals surface area contributed by atoms with Crippen LogP contribution in [0.4, 0.5) is 0 Å². The third-order valence-corrected chi connectivity index (χ3v) is 4.52. The Labute approximate surface area is 115 Å². The minimum Gasteiger partial charge on any atom is -0.337 e. The molecular weight excluding hydrogens is 236 g/mol. The van der Waals surface area contributed by atoms with Gasteiger partial charge >= 0.3 is 0 Å². The van der Waals surface area contributed by atoms with Crippen LogP contribution in [0.3, 0.4) is 0 Å². The Kier molecular flexibility index (Phi) is 3.56. The first-order valence-corrected chi connectivity index (χ1v) is 7.35. The topological polar surface area (TPSA) is 32.3 Å². The molecule has 3 rings (SSSR count). The van der Waals surface area contributed by atoms with Crippen molar-refractivity contribution in [2.75, 3.05) is 13.6 Å². The smallest absolute Gasteiger partial charge is 0.239 e. The van der Waals surface area contributed by atoms with Crippen molar-refractivity contribution in [3.8, 4) is 0 Å². The third kappa shape index (κ3) is 2.39. The van der Waals surface area contributed by atoms with Gasteiger partial charge in [-0.25, -0.2) is 0 Å². The molecule has 0 bridgehead atoms. The maximum Gasteiger partial charge on any atom is 0.239 e. The maximum absolute atomic E-state index is 12.6. The van der Waals surface area contributed by atoms with Gasteiger partial charge in [0.05, 0.1) is 12.1 Å². The first-order chi connectivity index (χ1) is 9.27. The molecule has 1 unspecified atom stereocenters. The molecule has 1 heterocycles. The second-order valence-corrected chi connectivity index (χ2v) is 5.70. The summed E-state index contributed by atoms with van der Waals surface area (Å²) in [6.45, 7) is 0.978. The van der Waals surface area contributed by atoms with Crippen LogP contribution in [0.2, 0.25) is 0 Å². The van der Waals surface area contributed by atoms with Crippen LogP contribution >= 0.6 is 0 Å². The summed E-state index contributed by atoms with van der Waals surface area (Å²) in [5, 5.41) is 3.36. The fourth-order valence-corrected chi connectivity index (χ4v) is 3.40. The summed E-state index contributed by atoms with van der Waals surface area (Å²) < 4.78 is 0. The number of amides is 1. The Morgan fingerprint density at radius 3 is 2.89 bits per heavy atom. The van der Waals surface area contributed by atoms with E-state index in [1.165, 1.54) is 24.0 Å². The second kappa shape index (κ2) is 5.33. The van der Waals surface area contributed by atoms with Gasteiger partial charge in [0.25, 0.3) is 0 Å². The number of benzene rings is 1. The minimum absolute atomic E-state index is 0.0338. The molecule has 1 aromatic carbocycles. The van der Waals surface area contributed by atoms with Crippen LogP contribution in [0.1, 0.15) is 42.9 Å². The molecule has 1 aliphatic carbocycles. The molecule has 1 aliphatic heterocycles. The molecular formula is C16H22N2O. The number of aryl methyl sites for hydroxylation is 1. The Bertz CT molecular complexity index is 466. The number of carbonyl (C=O) groups is 1. The fraction of sp³-hybridized carbons (Fsp3) is 0.562. The molecule has 1 amide bonds. The molecule has 0 saturated carbocycles. The van der Waals surface area contributed by atoms with E-state index < -0.39 is 0 Å². The van der Waals surface area contributed by atoms with E-state index in [2.05, 4.69) is 29.6 Å². The maximum atomic E-state index is 12.6. The summed E-state index contributed by atoms with van der Waals surface area (Å²) >= 11 is 0. The number of rotatable bonds is 2. The predicted octanol–water partition coefficient (Wildman–Crippen LogP) is 2.27. The van der Waals surface area contributed by atoms with Gasteiger partial charge < -0.3 is 10.2 Å². The standard InChI is InChI=1S/C16H22N2O/c1-18(16(19)14-8-4-5-11-17-14)15-10-9-12-6-2-3-7-13(12)15/h2-3,6-7,14-15,17H,4-5,8-11H2,1H3/t14-,15?/m1/s1. The number of nitrogens with one attached hydrogen (secondary N) is 1. The molecule has 0 radical (unpaired) electrons. The first kappa shape index (κ1) is 12.7. The van der Waals surface area contributed by atoms with E-state index in [0.29, 0.717) is 0 Å². The molecule has 2 aliphatic rings. The molecule has 1 saturated heterocycles. The first-order valence-electron chi connectivity index (χ1n) is 7.35. The molecule has 1 aromatic rings. The van der Waals surface area contributed by atoms with E-state index in [9.17, 15) is 4.79 Å².